The van der Waals surface area contributed by atoms with E-state index in [-0.39, 0.29) is 18.0 Å². The van der Waals surface area contributed by atoms with E-state index in [0.29, 0.717) is 12.1 Å². The standard InChI is InChI=1S/C25H24N4O.ClH/c1-15-3-7-20(26-14-15)16-9-10-29(24(30)11-16)18-5-6-19-22(13-18)28(2)23-12-17-4-8-21(27-17)25(19)23;/h3,5-7,9-11,13-14,17,21,27H,4,8,12H2,1-2H3;1H. The molecule has 2 unspecified atom stereocenters. The van der Waals surface area contributed by atoms with Gasteiger partial charge < -0.3 is 9.88 Å². The highest BCUT2D eigenvalue weighted by atomic mass is 35.5. The minimum absolute atomic E-state index is 0. The molecule has 6 heteroatoms. The SMILES string of the molecule is Cc1ccc(-c2ccn(-c3ccc4c5c(n(C)c4c3)CC3CCC5N3)c(=O)c2)nc1.Cl. The van der Waals surface area contributed by atoms with Crippen molar-refractivity contribution >= 4 is 23.3 Å². The maximum atomic E-state index is 12.9. The molecule has 1 fully saturated rings. The van der Waals surface area contributed by atoms with Crippen molar-refractivity contribution in [1.29, 1.82) is 0 Å². The summed E-state index contributed by atoms with van der Waals surface area (Å²) >= 11 is 0. The van der Waals surface area contributed by atoms with Gasteiger partial charge >= 0.3 is 0 Å². The number of halogens is 1. The van der Waals surface area contributed by atoms with E-state index in [1.165, 1.54) is 35.0 Å². The van der Waals surface area contributed by atoms with Crippen LogP contribution in [-0.4, -0.2) is 20.2 Å². The molecule has 1 N–H and O–H groups in total. The molecule has 0 aliphatic carbocycles. The molecule has 4 aromatic rings. The summed E-state index contributed by atoms with van der Waals surface area (Å²) in [7, 11) is 2.16. The van der Waals surface area contributed by atoms with Gasteiger partial charge in [0.2, 0.25) is 0 Å². The molecule has 1 aromatic carbocycles. The molecule has 0 saturated carbocycles. The first-order valence-electron chi connectivity index (χ1n) is 10.6. The Morgan fingerprint density at radius 3 is 2.74 bits per heavy atom. The zero-order valence-electron chi connectivity index (χ0n) is 17.6. The smallest absolute Gasteiger partial charge is 0.255 e. The van der Waals surface area contributed by atoms with Gasteiger partial charge in [-0.05, 0) is 55.2 Å². The average Bonchev–Trinajstić information content (AvgIpc) is 3.27. The Bertz CT molecular complexity index is 1350. The molecule has 31 heavy (non-hydrogen) atoms. The lowest BCUT2D eigenvalue weighted by molar-refractivity contribution is 0.504. The number of benzene rings is 1. The summed E-state index contributed by atoms with van der Waals surface area (Å²) in [5, 5.41) is 5.07. The van der Waals surface area contributed by atoms with Crippen LogP contribution in [0.5, 0.6) is 0 Å². The van der Waals surface area contributed by atoms with Gasteiger partial charge in [0.25, 0.3) is 5.56 Å². The number of nitrogens with one attached hydrogen (secondary N) is 1. The van der Waals surface area contributed by atoms with E-state index in [0.717, 1.165) is 28.9 Å². The average molecular weight is 433 g/mol. The Kier molecular flexibility index (Phi) is 4.76. The van der Waals surface area contributed by atoms with Crippen molar-refractivity contribution in [3.63, 3.8) is 0 Å². The van der Waals surface area contributed by atoms with Gasteiger partial charge in [0.15, 0.2) is 0 Å². The fourth-order valence-corrected chi connectivity index (χ4v) is 5.22. The molecule has 6 rings (SSSR count). The van der Waals surface area contributed by atoms with Gasteiger partial charge in [0, 0.05) is 60.7 Å². The number of hydrogen-bond acceptors (Lipinski definition) is 3. The van der Waals surface area contributed by atoms with E-state index in [1.54, 1.807) is 10.6 Å². The minimum atomic E-state index is -0.0473. The van der Waals surface area contributed by atoms with Gasteiger partial charge in [-0.1, -0.05) is 12.1 Å². The lowest BCUT2D eigenvalue weighted by Crippen LogP contribution is -2.32. The molecule has 5 heterocycles. The molecule has 0 spiro atoms. The Morgan fingerprint density at radius 2 is 1.97 bits per heavy atom. The van der Waals surface area contributed by atoms with Crippen molar-refractivity contribution in [3.8, 4) is 16.9 Å². The van der Waals surface area contributed by atoms with Gasteiger partial charge in [-0.25, -0.2) is 0 Å². The molecule has 2 aliphatic rings. The van der Waals surface area contributed by atoms with Crippen LogP contribution in [0.2, 0.25) is 0 Å². The number of hydrogen-bond donors (Lipinski definition) is 1. The van der Waals surface area contributed by atoms with Crippen LogP contribution < -0.4 is 10.9 Å². The molecular formula is C25H25ClN4O. The van der Waals surface area contributed by atoms with Crippen molar-refractivity contribution in [2.75, 3.05) is 0 Å². The second-order valence-corrected chi connectivity index (χ2v) is 8.66. The second-order valence-electron chi connectivity index (χ2n) is 8.66. The van der Waals surface area contributed by atoms with Crippen molar-refractivity contribution < 1.29 is 0 Å². The molecular weight excluding hydrogens is 408 g/mol. The third-order valence-corrected chi connectivity index (χ3v) is 6.78. The predicted octanol–water partition coefficient (Wildman–Crippen LogP) is 4.47. The topological polar surface area (TPSA) is 51.9 Å². The van der Waals surface area contributed by atoms with Crippen LogP contribution in [0.1, 0.15) is 35.7 Å². The fourth-order valence-electron chi connectivity index (χ4n) is 5.22. The normalized spacial score (nSPS) is 19.3. The number of fused-ring (bicyclic) bond motifs is 6. The molecule has 158 valence electrons. The van der Waals surface area contributed by atoms with Gasteiger partial charge in [0.05, 0.1) is 16.9 Å². The number of pyridine rings is 2. The third-order valence-electron chi connectivity index (χ3n) is 6.78. The molecule has 0 amide bonds. The molecule has 5 nitrogen and oxygen atoms in total. The van der Waals surface area contributed by atoms with Gasteiger partial charge in [0.1, 0.15) is 0 Å². The van der Waals surface area contributed by atoms with Crippen molar-refractivity contribution in [3.05, 3.63) is 82.0 Å². The van der Waals surface area contributed by atoms with Crippen LogP contribution in [0.15, 0.2) is 59.7 Å². The summed E-state index contributed by atoms with van der Waals surface area (Å²) in [6.07, 6.45) is 7.24. The number of aromatic nitrogens is 3. The number of aryl methyl sites for hydroxylation is 2. The Morgan fingerprint density at radius 1 is 1.10 bits per heavy atom. The molecule has 3 aromatic heterocycles. The molecule has 2 aliphatic heterocycles. The van der Waals surface area contributed by atoms with E-state index in [4.69, 9.17) is 0 Å². The predicted molar refractivity (Wildman–Crippen MR) is 126 cm³/mol. The highest BCUT2D eigenvalue weighted by molar-refractivity contribution is 5.88. The van der Waals surface area contributed by atoms with Crippen LogP contribution in [0.3, 0.4) is 0 Å². The van der Waals surface area contributed by atoms with Gasteiger partial charge in [-0.3, -0.25) is 14.3 Å². The van der Waals surface area contributed by atoms with Crippen LogP contribution in [0, 0.1) is 6.92 Å². The van der Waals surface area contributed by atoms with Crippen LogP contribution in [-0.2, 0) is 13.5 Å². The number of rotatable bonds is 2. The quantitative estimate of drug-likeness (QED) is 0.508. The summed E-state index contributed by atoms with van der Waals surface area (Å²) in [6.45, 7) is 2.01. The van der Waals surface area contributed by atoms with E-state index >= 15 is 0 Å². The zero-order valence-corrected chi connectivity index (χ0v) is 18.4. The van der Waals surface area contributed by atoms with Crippen molar-refractivity contribution in [2.24, 2.45) is 7.05 Å². The first-order valence-corrected chi connectivity index (χ1v) is 10.6. The van der Waals surface area contributed by atoms with E-state index in [9.17, 15) is 4.79 Å². The third kappa shape index (κ3) is 3.11. The Hall–Kier alpha value is -2.89. The summed E-state index contributed by atoms with van der Waals surface area (Å²) in [6, 6.07) is 15.1. The summed E-state index contributed by atoms with van der Waals surface area (Å²) in [5.74, 6) is 0. The lowest BCUT2D eigenvalue weighted by atomic mass is 9.99. The highest BCUT2D eigenvalue weighted by Gasteiger charge is 2.35. The second kappa shape index (κ2) is 7.36. The zero-order chi connectivity index (χ0) is 20.4. The Labute approximate surface area is 187 Å². The minimum Gasteiger partial charge on any atom is -0.347 e. The lowest BCUT2D eigenvalue weighted by Gasteiger charge is -2.23. The van der Waals surface area contributed by atoms with Gasteiger partial charge in [-0.2, -0.15) is 0 Å². The van der Waals surface area contributed by atoms with E-state index in [2.05, 4.69) is 40.1 Å². The molecule has 0 radical (unpaired) electrons. The fraction of sp³-hybridized carbons (Fsp3) is 0.280. The van der Waals surface area contributed by atoms with Crippen LogP contribution in [0.4, 0.5) is 0 Å². The highest BCUT2D eigenvalue weighted by Crippen LogP contribution is 2.41. The van der Waals surface area contributed by atoms with E-state index < -0.39 is 0 Å². The molecule has 2 atom stereocenters. The number of nitrogens with zero attached hydrogens (tertiary/aromatic N) is 3. The summed E-state index contributed by atoms with van der Waals surface area (Å²) in [4.78, 5) is 17.4. The first-order chi connectivity index (χ1) is 14.6. The monoisotopic (exact) mass is 432 g/mol. The first kappa shape index (κ1) is 20.0. The summed E-state index contributed by atoms with van der Waals surface area (Å²) < 4.78 is 4.05. The maximum Gasteiger partial charge on any atom is 0.255 e. The Balaban J connectivity index is 0.00000204. The van der Waals surface area contributed by atoms with Crippen molar-refractivity contribution in [2.45, 2.75) is 38.3 Å². The largest absolute Gasteiger partial charge is 0.347 e. The van der Waals surface area contributed by atoms with Gasteiger partial charge in [-0.15, -0.1) is 12.4 Å². The summed E-state index contributed by atoms with van der Waals surface area (Å²) in [5.41, 5.74) is 7.72. The van der Waals surface area contributed by atoms with Crippen LogP contribution >= 0.6 is 12.4 Å². The molecule has 2 bridgehead atoms. The maximum absolute atomic E-state index is 12.9. The van der Waals surface area contributed by atoms with E-state index in [1.807, 2.05) is 37.5 Å². The van der Waals surface area contributed by atoms with Crippen molar-refractivity contribution in [1.82, 2.24) is 19.4 Å². The van der Waals surface area contributed by atoms with Crippen LogP contribution in [0.25, 0.3) is 27.8 Å². The molecule has 1 saturated heterocycles.